The Morgan fingerprint density at radius 1 is 1.78 bits per heavy atom. The zero-order valence-electron chi connectivity index (χ0n) is 5.72. The summed E-state index contributed by atoms with van der Waals surface area (Å²) in [6.07, 6.45) is 3.49. The van der Waals surface area contributed by atoms with Crippen molar-refractivity contribution in [2.45, 2.75) is 0 Å². The van der Waals surface area contributed by atoms with E-state index in [1.54, 1.807) is 12.3 Å². The second-order valence-electron chi connectivity index (χ2n) is 1.77. The van der Waals surface area contributed by atoms with E-state index in [2.05, 4.69) is 11.9 Å². The Kier molecular flexibility index (Phi) is 5.88. The maximum atomic E-state index is 10.5. The number of hydrogen-bond donors (Lipinski definition) is 1. The molecule has 3 heteroatoms. The van der Waals surface area contributed by atoms with Crippen LogP contribution in [0.3, 0.4) is 0 Å². The van der Waals surface area contributed by atoms with E-state index >= 15 is 0 Å². The summed E-state index contributed by atoms with van der Waals surface area (Å²) in [6.45, 7) is 5.16. The molecular weight excluding hydrogens is 134 g/mol. The van der Waals surface area contributed by atoms with Crippen LogP contribution in [-0.2, 0) is 10.8 Å². The van der Waals surface area contributed by atoms with Gasteiger partial charge in [-0.3, -0.25) is 4.21 Å². The molecule has 1 unspecified atom stereocenters. The first kappa shape index (κ1) is 8.85. The highest BCUT2D eigenvalue weighted by Gasteiger charge is 1.87. The van der Waals surface area contributed by atoms with Gasteiger partial charge in [-0.15, -0.1) is 6.58 Å². The Morgan fingerprint density at radius 3 is 2.89 bits per heavy atom. The van der Waals surface area contributed by atoms with Crippen LogP contribution in [0, 0.1) is 0 Å². The molecule has 0 rings (SSSR count). The topological polar surface area (TPSA) is 29.1 Å². The van der Waals surface area contributed by atoms with Crippen LogP contribution < -0.4 is 5.32 Å². The van der Waals surface area contributed by atoms with Crippen molar-refractivity contribution in [3.05, 3.63) is 12.7 Å². The first-order valence-corrected chi connectivity index (χ1v) is 4.61. The Hall–Kier alpha value is -0.150. The molecule has 0 aromatic rings. The Balaban J connectivity index is 2.91. The van der Waals surface area contributed by atoms with E-state index in [0.29, 0.717) is 0 Å². The zero-order chi connectivity index (χ0) is 7.11. The molecule has 2 nitrogen and oxygen atoms in total. The summed E-state index contributed by atoms with van der Waals surface area (Å²) < 4.78 is 10.5. The molecule has 0 aliphatic rings. The van der Waals surface area contributed by atoms with Crippen molar-refractivity contribution in [1.82, 2.24) is 5.32 Å². The molecule has 0 aliphatic carbocycles. The van der Waals surface area contributed by atoms with Gasteiger partial charge in [0.2, 0.25) is 0 Å². The van der Waals surface area contributed by atoms with Gasteiger partial charge in [0, 0.05) is 35.9 Å². The van der Waals surface area contributed by atoms with E-state index < -0.39 is 10.8 Å². The molecule has 0 saturated carbocycles. The fourth-order valence-electron chi connectivity index (χ4n) is 0.420. The van der Waals surface area contributed by atoms with Crippen molar-refractivity contribution in [2.75, 3.05) is 25.1 Å². The van der Waals surface area contributed by atoms with Gasteiger partial charge in [0.25, 0.3) is 0 Å². The van der Waals surface area contributed by atoms with Crippen molar-refractivity contribution in [3.63, 3.8) is 0 Å². The van der Waals surface area contributed by atoms with Gasteiger partial charge in [0.1, 0.15) is 0 Å². The van der Waals surface area contributed by atoms with Crippen LogP contribution >= 0.6 is 0 Å². The third kappa shape index (κ3) is 7.85. The third-order valence-electron chi connectivity index (χ3n) is 0.855. The van der Waals surface area contributed by atoms with E-state index in [-0.39, 0.29) is 0 Å². The van der Waals surface area contributed by atoms with Crippen LogP contribution in [0.15, 0.2) is 12.7 Å². The second-order valence-corrected chi connectivity index (χ2v) is 3.32. The minimum atomic E-state index is -0.666. The lowest BCUT2D eigenvalue weighted by Crippen LogP contribution is -2.19. The average Bonchev–Trinajstić information content (AvgIpc) is 1.80. The lowest BCUT2D eigenvalue weighted by atomic mass is 10.6. The molecule has 9 heavy (non-hydrogen) atoms. The Labute approximate surface area is 58.8 Å². The molecule has 0 spiro atoms. The summed E-state index contributed by atoms with van der Waals surface area (Å²) in [7, 11) is -0.666. The van der Waals surface area contributed by atoms with Gasteiger partial charge in [-0.1, -0.05) is 6.08 Å². The van der Waals surface area contributed by atoms with Gasteiger partial charge >= 0.3 is 0 Å². The van der Waals surface area contributed by atoms with E-state index in [0.717, 1.165) is 18.8 Å². The third-order valence-corrected chi connectivity index (χ3v) is 1.63. The van der Waals surface area contributed by atoms with Gasteiger partial charge in [-0.25, -0.2) is 0 Å². The summed E-state index contributed by atoms with van der Waals surface area (Å²) in [6, 6.07) is 0. The van der Waals surface area contributed by atoms with Crippen LogP contribution in [0.1, 0.15) is 0 Å². The van der Waals surface area contributed by atoms with Crippen molar-refractivity contribution >= 4 is 10.8 Å². The molecule has 0 aromatic carbocycles. The molecule has 1 N–H and O–H groups in total. The van der Waals surface area contributed by atoms with Crippen LogP contribution in [0.4, 0.5) is 0 Å². The molecular formula is C6H13NOS. The summed E-state index contributed by atoms with van der Waals surface area (Å²) in [5, 5.41) is 3.06. The highest BCUT2D eigenvalue weighted by atomic mass is 32.2. The predicted molar refractivity (Wildman–Crippen MR) is 42.0 cm³/mol. The summed E-state index contributed by atoms with van der Waals surface area (Å²) in [4.78, 5) is 0. The molecule has 0 radical (unpaired) electrons. The number of nitrogens with one attached hydrogen (secondary N) is 1. The van der Waals surface area contributed by atoms with Crippen molar-refractivity contribution in [3.8, 4) is 0 Å². The average molecular weight is 147 g/mol. The second kappa shape index (κ2) is 5.98. The maximum Gasteiger partial charge on any atom is 0.0357 e. The minimum Gasteiger partial charge on any atom is -0.312 e. The highest BCUT2D eigenvalue weighted by Crippen LogP contribution is 1.70. The van der Waals surface area contributed by atoms with Crippen molar-refractivity contribution < 1.29 is 4.21 Å². The largest absolute Gasteiger partial charge is 0.312 e. The van der Waals surface area contributed by atoms with Crippen LogP contribution in [0.5, 0.6) is 0 Å². The first-order chi connectivity index (χ1) is 4.27. The van der Waals surface area contributed by atoms with E-state index in [9.17, 15) is 4.21 Å². The quantitative estimate of drug-likeness (QED) is 0.443. The lowest BCUT2D eigenvalue weighted by molar-refractivity contribution is 0.682. The molecule has 0 saturated heterocycles. The lowest BCUT2D eigenvalue weighted by Gasteiger charge is -1.96. The number of rotatable bonds is 5. The molecule has 0 aliphatic heterocycles. The molecule has 0 bridgehead atoms. The van der Waals surface area contributed by atoms with E-state index in [1.807, 2.05) is 0 Å². The van der Waals surface area contributed by atoms with E-state index in [4.69, 9.17) is 0 Å². The molecule has 0 heterocycles. The monoisotopic (exact) mass is 147 g/mol. The molecule has 0 aromatic heterocycles. The fourth-order valence-corrected chi connectivity index (χ4v) is 0.852. The zero-order valence-corrected chi connectivity index (χ0v) is 6.54. The fraction of sp³-hybridized carbons (Fsp3) is 0.667. The summed E-state index contributed by atoms with van der Waals surface area (Å²) >= 11 is 0. The van der Waals surface area contributed by atoms with Gasteiger partial charge in [0.05, 0.1) is 0 Å². The van der Waals surface area contributed by atoms with Gasteiger partial charge < -0.3 is 5.32 Å². The van der Waals surface area contributed by atoms with Crippen molar-refractivity contribution in [1.29, 1.82) is 0 Å². The summed E-state index contributed by atoms with van der Waals surface area (Å²) in [5.74, 6) is 0.730. The molecule has 1 atom stereocenters. The smallest absolute Gasteiger partial charge is 0.0357 e. The van der Waals surface area contributed by atoms with Crippen molar-refractivity contribution in [2.24, 2.45) is 0 Å². The summed E-state index contributed by atoms with van der Waals surface area (Å²) in [5.41, 5.74) is 0. The highest BCUT2D eigenvalue weighted by molar-refractivity contribution is 7.84. The van der Waals surface area contributed by atoms with Gasteiger partial charge in [0.15, 0.2) is 0 Å². The Bertz CT molecular complexity index is 103. The first-order valence-electron chi connectivity index (χ1n) is 2.89. The van der Waals surface area contributed by atoms with Gasteiger partial charge in [-0.05, 0) is 0 Å². The van der Waals surface area contributed by atoms with Crippen LogP contribution in [0.2, 0.25) is 0 Å². The SMILES string of the molecule is C=CCNCCS(C)=O. The predicted octanol–water partition coefficient (Wildman–Crippen LogP) is 0.140. The van der Waals surface area contributed by atoms with E-state index in [1.165, 1.54) is 0 Å². The normalized spacial score (nSPS) is 13.0. The van der Waals surface area contributed by atoms with Gasteiger partial charge in [-0.2, -0.15) is 0 Å². The molecule has 0 fully saturated rings. The molecule has 54 valence electrons. The Morgan fingerprint density at radius 2 is 2.44 bits per heavy atom. The minimum absolute atomic E-state index is 0.666. The number of hydrogen-bond acceptors (Lipinski definition) is 2. The van der Waals surface area contributed by atoms with Crippen LogP contribution in [-0.4, -0.2) is 29.3 Å². The maximum absolute atomic E-state index is 10.5. The molecule has 0 amide bonds. The van der Waals surface area contributed by atoms with Crippen LogP contribution in [0.25, 0.3) is 0 Å². The standard InChI is InChI=1S/C6H13NOS/c1-3-4-7-5-6-9(2)8/h3,7H,1,4-6H2,2H3.